The normalized spacial score (nSPS) is 9.90. The van der Waals surface area contributed by atoms with Crippen molar-refractivity contribution in [3.05, 3.63) is 60.2 Å². The molecule has 0 bridgehead atoms. The van der Waals surface area contributed by atoms with Gasteiger partial charge in [0.05, 0.1) is 5.92 Å². The minimum absolute atomic E-state index is 0.0278. The Hall–Kier alpha value is -2.69. The van der Waals surface area contributed by atoms with Gasteiger partial charge in [0.15, 0.2) is 5.78 Å². The Labute approximate surface area is 178 Å². The fourth-order valence-electron chi connectivity index (χ4n) is 2.32. The van der Waals surface area contributed by atoms with Crippen LogP contribution in [0.25, 0.3) is 11.1 Å². The van der Waals surface area contributed by atoms with Crippen LogP contribution in [0.4, 0.5) is 8.78 Å². The Morgan fingerprint density at radius 3 is 1.50 bits per heavy atom. The van der Waals surface area contributed by atoms with Gasteiger partial charge in [0, 0.05) is 24.8 Å². The quantitative estimate of drug-likeness (QED) is 0.367. The highest BCUT2D eigenvalue weighted by molar-refractivity contribution is 6.01. The van der Waals surface area contributed by atoms with Gasteiger partial charge in [-0.25, -0.2) is 8.78 Å². The number of carbonyl (C=O) groups is 3. The van der Waals surface area contributed by atoms with E-state index in [0.29, 0.717) is 12.8 Å². The van der Waals surface area contributed by atoms with Crippen molar-refractivity contribution >= 4 is 17.3 Å². The van der Waals surface area contributed by atoms with Crippen LogP contribution in [0.1, 0.15) is 64.2 Å². The average Bonchev–Trinajstić information content (AvgIpc) is 2.78. The highest BCUT2D eigenvalue weighted by Crippen LogP contribution is 2.19. The summed E-state index contributed by atoms with van der Waals surface area (Å²) in [6, 6.07) is 17.8. The Balaban J connectivity index is 0.000000486. The summed E-state index contributed by atoms with van der Waals surface area (Å²) in [5.41, 5.74) is 3.07. The van der Waals surface area contributed by atoms with Gasteiger partial charge in [-0.2, -0.15) is 0 Å². The summed E-state index contributed by atoms with van der Waals surface area (Å²) in [6.45, 7) is 8.27. The molecule has 0 atom stereocenters. The summed E-state index contributed by atoms with van der Waals surface area (Å²) in [4.78, 5) is 32.9. The van der Waals surface area contributed by atoms with Crippen molar-refractivity contribution < 1.29 is 23.2 Å². The average molecular weight is 419 g/mol. The third-order valence-electron chi connectivity index (χ3n) is 4.37. The molecule has 0 amide bonds. The number of benzene rings is 2. The maximum atomic E-state index is 11.1. The zero-order valence-electron chi connectivity index (χ0n) is 18.5. The van der Waals surface area contributed by atoms with Crippen molar-refractivity contribution in [1.29, 1.82) is 0 Å². The number of Topliss-reactive ketones (excluding diaryl/α,β-unsaturated/α-hetero) is 3. The summed E-state index contributed by atoms with van der Waals surface area (Å²) in [5, 5.41) is 0. The molecule has 164 valence electrons. The van der Waals surface area contributed by atoms with E-state index in [1.165, 1.54) is 12.5 Å². The Bertz CT molecular complexity index is 753. The minimum atomic E-state index is -2.12. The Morgan fingerprint density at radius 1 is 0.767 bits per heavy atom. The SMILES string of the molecule is CC(=O)c1ccc(-c2ccccc2)cc1.CCC(=O)C(C)C(=O)CC.CCC(F)F. The molecule has 0 aliphatic heterocycles. The Morgan fingerprint density at radius 2 is 1.17 bits per heavy atom. The number of hydrogen-bond acceptors (Lipinski definition) is 3. The number of hydrogen-bond donors (Lipinski definition) is 0. The van der Waals surface area contributed by atoms with E-state index in [-0.39, 0.29) is 29.7 Å². The molecule has 0 unspecified atom stereocenters. The van der Waals surface area contributed by atoms with E-state index in [9.17, 15) is 23.2 Å². The van der Waals surface area contributed by atoms with Crippen LogP contribution < -0.4 is 0 Å². The first kappa shape index (κ1) is 27.3. The van der Waals surface area contributed by atoms with Crippen LogP contribution in [0, 0.1) is 5.92 Å². The van der Waals surface area contributed by atoms with Gasteiger partial charge in [-0.15, -0.1) is 0 Å². The van der Waals surface area contributed by atoms with Crippen molar-refractivity contribution in [2.45, 2.75) is 60.3 Å². The standard InChI is InChI=1S/C14H12O.C8H14O2.C3H6F2/c1-11(15)12-7-9-14(10-8-12)13-5-3-2-4-6-13;1-4-7(9)6(3)8(10)5-2;1-2-3(4)5/h2-10H,1H3;6H,4-5H2,1-3H3;3H,2H2,1H3. The lowest BCUT2D eigenvalue weighted by molar-refractivity contribution is -0.131. The molecule has 2 rings (SSSR count). The molecule has 3 nitrogen and oxygen atoms in total. The fourth-order valence-corrected chi connectivity index (χ4v) is 2.32. The number of carbonyl (C=O) groups excluding carboxylic acids is 3. The second-order valence-electron chi connectivity index (χ2n) is 6.66. The van der Waals surface area contributed by atoms with Crippen LogP contribution in [0.15, 0.2) is 54.6 Å². The van der Waals surface area contributed by atoms with E-state index in [1.807, 2.05) is 42.5 Å². The van der Waals surface area contributed by atoms with E-state index in [4.69, 9.17) is 0 Å². The second-order valence-corrected chi connectivity index (χ2v) is 6.66. The third kappa shape index (κ3) is 10.7. The largest absolute Gasteiger partial charge is 0.299 e. The van der Waals surface area contributed by atoms with E-state index in [1.54, 1.807) is 27.7 Å². The van der Waals surface area contributed by atoms with Crippen LogP contribution in [0.5, 0.6) is 0 Å². The number of alkyl halides is 2. The van der Waals surface area contributed by atoms with Crippen LogP contribution in [-0.2, 0) is 9.59 Å². The smallest absolute Gasteiger partial charge is 0.238 e. The predicted molar refractivity (Wildman–Crippen MR) is 118 cm³/mol. The molecule has 0 aromatic heterocycles. The Kier molecular flexibility index (Phi) is 13.8. The van der Waals surface area contributed by atoms with Gasteiger partial charge in [-0.1, -0.05) is 75.4 Å². The van der Waals surface area contributed by atoms with Gasteiger partial charge in [0.25, 0.3) is 0 Å². The lowest BCUT2D eigenvalue weighted by atomic mass is 9.98. The molecule has 0 saturated carbocycles. The molecule has 5 heteroatoms. The monoisotopic (exact) mass is 418 g/mol. The molecule has 30 heavy (non-hydrogen) atoms. The molecule has 0 N–H and O–H groups in total. The van der Waals surface area contributed by atoms with Crippen LogP contribution in [0.3, 0.4) is 0 Å². The molecule has 0 saturated heterocycles. The zero-order valence-corrected chi connectivity index (χ0v) is 18.5. The van der Waals surface area contributed by atoms with Crippen molar-refractivity contribution in [2.24, 2.45) is 5.92 Å². The molecule has 0 fully saturated rings. The summed E-state index contributed by atoms with van der Waals surface area (Å²) < 4.78 is 21.5. The highest BCUT2D eigenvalue weighted by Gasteiger charge is 2.16. The van der Waals surface area contributed by atoms with E-state index >= 15 is 0 Å². The molecular formula is C25H32F2O3. The van der Waals surface area contributed by atoms with Crippen molar-refractivity contribution in [2.75, 3.05) is 0 Å². The number of halogens is 2. The van der Waals surface area contributed by atoms with Crippen molar-refractivity contribution in [1.82, 2.24) is 0 Å². The third-order valence-corrected chi connectivity index (χ3v) is 4.37. The number of rotatable bonds is 7. The second kappa shape index (κ2) is 15.2. The van der Waals surface area contributed by atoms with Gasteiger partial charge in [0.2, 0.25) is 6.43 Å². The van der Waals surface area contributed by atoms with E-state index in [0.717, 1.165) is 11.1 Å². The van der Waals surface area contributed by atoms with Gasteiger partial charge >= 0.3 is 0 Å². The fraction of sp³-hybridized carbons (Fsp3) is 0.400. The molecule has 0 radical (unpaired) electrons. The van der Waals surface area contributed by atoms with Crippen LogP contribution in [-0.4, -0.2) is 23.8 Å². The maximum absolute atomic E-state index is 11.1. The first-order chi connectivity index (χ1) is 14.2. The topological polar surface area (TPSA) is 51.2 Å². The molecule has 0 heterocycles. The van der Waals surface area contributed by atoms with Gasteiger partial charge in [-0.05, 0) is 25.0 Å². The van der Waals surface area contributed by atoms with E-state index < -0.39 is 6.43 Å². The lowest BCUT2D eigenvalue weighted by Crippen LogP contribution is -2.19. The summed E-state index contributed by atoms with van der Waals surface area (Å²) in [7, 11) is 0. The lowest BCUT2D eigenvalue weighted by Gasteiger charge is -2.04. The molecule has 2 aromatic carbocycles. The maximum Gasteiger partial charge on any atom is 0.238 e. The van der Waals surface area contributed by atoms with Gasteiger partial charge < -0.3 is 0 Å². The number of ketones is 3. The molecule has 0 spiro atoms. The van der Waals surface area contributed by atoms with Crippen LogP contribution in [0.2, 0.25) is 0 Å². The first-order valence-corrected chi connectivity index (χ1v) is 10.2. The summed E-state index contributed by atoms with van der Waals surface area (Å²) >= 11 is 0. The molecular weight excluding hydrogens is 386 g/mol. The summed E-state index contributed by atoms with van der Waals surface area (Å²) in [6.07, 6.45) is -1.21. The minimum Gasteiger partial charge on any atom is -0.299 e. The first-order valence-electron chi connectivity index (χ1n) is 10.2. The zero-order chi connectivity index (χ0) is 23.1. The molecule has 2 aromatic rings. The molecule has 0 aliphatic carbocycles. The predicted octanol–water partition coefficient (Wildman–Crippen LogP) is 6.80. The highest BCUT2D eigenvalue weighted by atomic mass is 19.3. The summed E-state index contributed by atoms with van der Waals surface area (Å²) in [5.74, 6) is -0.177. The van der Waals surface area contributed by atoms with E-state index in [2.05, 4.69) is 12.1 Å². The van der Waals surface area contributed by atoms with Crippen LogP contribution >= 0.6 is 0 Å². The van der Waals surface area contributed by atoms with Gasteiger partial charge in [0.1, 0.15) is 11.6 Å². The van der Waals surface area contributed by atoms with Crippen molar-refractivity contribution in [3.8, 4) is 11.1 Å². The molecule has 0 aliphatic rings. The van der Waals surface area contributed by atoms with Gasteiger partial charge in [-0.3, -0.25) is 14.4 Å². The van der Waals surface area contributed by atoms with Crippen molar-refractivity contribution in [3.63, 3.8) is 0 Å².